The summed E-state index contributed by atoms with van der Waals surface area (Å²) in [6.07, 6.45) is 2.17. The Morgan fingerprint density at radius 3 is 3.00 bits per heavy atom. The number of aromatic nitrogens is 4. The number of nitrogen functional groups attached to an aromatic ring is 1. The minimum Gasteiger partial charge on any atom is -0.390 e. The average Bonchev–Trinajstić information content (AvgIpc) is 2.93. The van der Waals surface area contributed by atoms with E-state index in [9.17, 15) is 5.11 Å². The molecule has 0 radical (unpaired) electrons. The first-order valence-electron chi connectivity index (χ1n) is 5.67. The van der Waals surface area contributed by atoms with Crippen LogP contribution in [0.2, 0.25) is 0 Å². The molecule has 0 aliphatic carbocycles. The van der Waals surface area contributed by atoms with Crippen molar-refractivity contribution in [3.63, 3.8) is 0 Å². The Labute approximate surface area is 103 Å². The van der Waals surface area contributed by atoms with Crippen LogP contribution in [-0.4, -0.2) is 43.4 Å². The topological polar surface area (TPSA) is 125 Å². The molecule has 3 rings (SSSR count). The van der Waals surface area contributed by atoms with E-state index in [2.05, 4.69) is 15.0 Å². The molecule has 2 aromatic heterocycles. The Kier molecular flexibility index (Phi) is 2.62. The van der Waals surface area contributed by atoms with E-state index in [4.69, 9.17) is 16.2 Å². The predicted molar refractivity (Wildman–Crippen MR) is 63.3 cm³/mol. The van der Waals surface area contributed by atoms with Gasteiger partial charge in [-0.05, 0) is 0 Å². The van der Waals surface area contributed by atoms with E-state index < -0.39 is 6.10 Å². The fourth-order valence-corrected chi connectivity index (χ4v) is 2.18. The van der Waals surface area contributed by atoms with Crippen LogP contribution in [0.1, 0.15) is 12.6 Å². The highest BCUT2D eigenvalue weighted by Gasteiger charge is 2.34. The fraction of sp³-hybridized carbons (Fsp3) is 0.500. The highest BCUT2D eigenvalue weighted by molar-refractivity contribution is 5.81. The quantitative estimate of drug-likeness (QED) is 0.625. The molecule has 0 amide bonds. The SMILES string of the molecule is NC[C@H]1O[C@@H](n2cnc3c(N)ncnc32)CC1O. The molecule has 1 aliphatic heterocycles. The van der Waals surface area contributed by atoms with Crippen LogP contribution in [0.4, 0.5) is 5.82 Å². The molecule has 1 saturated heterocycles. The van der Waals surface area contributed by atoms with Gasteiger partial charge in [0.15, 0.2) is 11.5 Å². The molecule has 8 nitrogen and oxygen atoms in total. The van der Waals surface area contributed by atoms with Gasteiger partial charge in [-0.25, -0.2) is 15.0 Å². The third-order valence-corrected chi connectivity index (χ3v) is 3.13. The molecule has 1 unspecified atom stereocenters. The van der Waals surface area contributed by atoms with Gasteiger partial charge in [-0.2, -0.15) is 0 Å². The number of imidazole rings is 1. The maximum atomic E-state index is 9.79. The molecule has 18 heavy (non-hydrogen) atoms. The summed E-state index contributed by atoms with van der Waals surface area (Å²) in [6, 6.07) is 0. The molecule has 0 aromatic carbocycles. The summed E-state index contributed by atoms with van der Waals surface area (Å²) in [5.41, 5.74) is 12.4. The van der Waals surface area contributed by atoms with Crippen LogP contribution in [0.5, 0.6) is 0 Å². The molecule has 3 heterocycles. The first kappa shape index (κ1) is 11.3. The molecule has 3 atom stereocenters. The van der Waals surface area contributed by atoms with Gasteiger partial charge >= 0.3 is 0 Å². The van der Waals surface area contributed by atoms with E-state index in [0.717, 1.165) is 0 Å². The number of hydrogen-bond donors (Lipinski definition) is 3. The third kappa shape index (κ3) is 1.62. The van der Waals surface area contributed by atoms with E-state index in [0.29, 0.717) is 23.4 Å². The monoisotopic (exact) mass is 250 g/mol. The van der Waals surface area contributed by atoms with Crippen molar-refractivity contribution in [3.05, 3.63) is 12.7 Å². The van der Waals surface area contributed by atoms with Crippen molar-refractivity contribution in [3.8, 4) is 0 Å². The second-order valence-corrected chi connectivity index (χ2v) is 4.25. The van der Waals surface area contributed by atoms with E-state index in [1.54, 1.807) is 10.9 Å². The van der Waals surface area contributed by atoms with Crippen molar-refractivity contribution in [2.75, 3.05) is 12.3 Å². The largest absolute Gasteiger partial charge is 0.390 e. The zero-order chi connectivity index (χ0) is 12.7. The van der Waals surface area contributed by atoms with Gasteiger partial charge in [0.25, 0.3) is 0 Å². The van der Waals surface area contributed by atoms with E-state index in [1.807, 2.05) is 0 Å². The van der Waals surface area contributed by atoms with Crippen LogP contribution in [0.3, 0.4) is 0 Å². The number of fused-ring (bicyclic) bond motifs is 1. The van der Waals surface area contributed by atoms with Crippen molar-refractivity contribution in [1.29, 1.82) is 0 Å². The Hall–Kier alpha value is -1.77. The van der Waals surface area contributed by atoms with Crippen LogP contribution in [0, 0.1) is 0 Å². The highest BCUT2D eigenvalue weighted by Crippen LogP contribution is 2.30. The summed E-state index contributed by atoms with van der Waals surface area (Å²) in [4.78, 5) is 12.2. The summed E-state index contributed by atoms with van der Waals surface area (Å²) >= 11 is 0. The summed E-state index contributed by atoms with van der Waals surface area (Å²) in [7, 11) is 0. The molecule has 96 valence electrons. The summed E-state index contributed by atoms with van der Waals surface area (Å²) in [5, 5.41) is 9.79. The lowest BCUT2D eigenvalue weighted by Crippen LogP contribution is -2.29. The number of ether oxygens (including phenoxy) is 1. The number of rotatable bonds is 2. The van der Waals surface area contributed by atoms with Gasteiger partial charge in [0.1, 0.15) is 18.1 Å². The van der Waals surface area contributed by atoms with Crippen LogP contribution in [0.15, 0.2) is 12.7 Å². The summed E-state index contributed by atoms with van der Waals surface area (Å²) in [6.45, 7) is 0.279. The molecule has 2 aromatic rings. The number of nitrogens with zero attached hydrogens (tertiary/aromatic N) is 4. The van der Waals surface area contributed by atoms with Gasteiger partial charge in [-0.3, -0.25) is 4.57 Å². The Bertz CT molecular complexity index is 570. The van der Waals surface area contributed by atoms with Crippen molar-refractivity contribution in [2.45, 2.75) is 24.9 Å². The lowest BCUT2D eigenvalue weighted by Gasteiger charge is -2.13. The lowest BCUT2D eigenvalue weighted by atomic mass is 10.2. The van der Waals surface area contributed by atoms with Crippen molar-refractivity contribution in [2.24, 2.45) is 5.73 Å². The molecule has 0 spiro atoms. The van der Waals surface area contributed by atoms with Crippen molar-refractivity contribution >= 4 is 17.0 Å². The second-order valence-electron chi connectivity index (χ2n) is 4.25. The van der Waals surface area contributed by atoms with Gasteiger partial charge in [0.2, 0.25) is 0 Å². The summed E-state index contributed by atoms with van der Waals surface area (Å²) in [5.74, 6) is 0.327. The molecule has 0 bridgehead atoms. The normalized spacial score (nSPS) is 28.0. The van der Waals surface area contributed by atoms with Gasteiger partial charge in [-0.1, -0.05) is 0 Å². The first-order valence-corrected chi connectivity index (χ1v) is 5.67. The smallest absolute Gasteiger partial charge is 0.167 e. The maximum Gasteiger partial charge on any atom is 0.167 e. The van der Waals surface area contributed by atoms with Crippen LogP contribution in [0.25, 0.3) is 11.2 Å². The van der Waals surface area contributed by atoms with Gasteiger partial charge in [-0.15, -0.1) is 0 Å². The summed E-state index contributed by atoms with van der Waals surface area (Å²) < 4.78 is 7.40. The molecule has 5 N–H and O–H groups in total. The van der Waals surface area contributed by atoms with E-state index in [1.165, 1.54) is 6.33 Å². The molecule has 8 heteroatoms. The zero-order valence-electron chi connectivity index (χ0n) is 9.60. The molecule has 0 saturated carbocycles. The number of hydrogen-bond acceptors (Lipinski definition) is 7. The lowest BCUT2D eigenvalue weighted by molar-refractivity contribution is -0.0115. The first-order chi connectivity index (χ1) is 8.70. The van der Waals surface area contributed by atoms with Gasteiger partial charge in [0, 0.05) is 13.0 Å². The Balaban J connectivity index is 1.99. The molecular weight excluding hydrogens is 236 g/mol. The van der Waals surface area contributed by atoms with Gasteiger partial charge in [0.05, 0.1) is 18.5 Å². The average molecular weight is 250 g/mol. The Morgan fingerprint density at radius 2 is 2.28 bits per heavy atom. The van der Waals surface area contributed by atoms with Crippen LogP contribution >= 0.6 is 0 Å². The molecular formula is C10H14N6O2. The van der Waals surface area contributed by atoms with Crippen LogP contribution < -0.4 is 11.5 Å². The van der Waals surface area contributed by atoms with Gasteiger partial charge < -0.3 is 21.3 Å². The number of nitrogens with two attached hydrogens (primary N) is 2. The fourth-order valence-electron chi connectivity index (χ4n) is 2.18. The molecule has 1 aliphatic rings. The van der Waals surface area contributed by atoms with Crippen molar-refractivity contribution in [1.82, 2.24) is 19.5 Å². The number of anilines is 1. The van der Waals surface area contributed by atoms with Crippen LogP contribution in [-0.2, 0) is 4.74 Å². The van der Waals surface area contributed by atoms with Crippen molar-refractivity contribution < 1.29 is 9.84 Å². The zero-order valence-corrected chi connectivity index (χ0v) is 9.60. The number of aliphatic hydroxyl groups excluding tert-OH is 1. The number of aliphatic hydroxyl groups is 1. The highest BCUT2D eigenvalue weighted by atomic mass is 16.5. The van der Waals surface area contributed by atoms with E-state index in [-0.39, 0.29) is 18.9 Å². The minimum atomic E-state index is -0.573. The third-order valence-electron chi connectivity index (χ3n) is 3.13. The second kappa shape index (κ2) is 4.16. The molecule has 1 fully saturated rings. The predicted octanol–water partition coefficient (Wildman–Crippen LogP) is -0.984. The standard InChI is InChI=1S/C10H14N6O2/c11-2-6-5(17)1-7(18-6)16-4-15-8-9(12)13-3-14-10(8)16/h3-7,17H,1-2,11H2,(H2,12,13,14)/t5?,6-,7-/m1/s1. The maximum absolute atomic E-state index is 9.79. The Morgan fingerprint density at radius 1 is 1.44 bits per heavy atom. The minimum absolute atomic E-state index is 0.279. The van der Waals surface area contributed by atoms with E-state index >= 15 is 0 Å².